The molecule has 12 heavy (non-hydrogen) atoms. The van der Waals surface area contributed by atoms with E-state index < -0.39 is 23.9 Å². The summed E-state index contributed by atoms with van der Waals surface area (Å²) in [4.78, 5) is 0. The molecule has 0 amide bonds. The predicted octanol–water partition coefficient (Wildman–Crippen LogP) is 2.44. The minimum Gasteiger partial charge on any atom is -0.497 e. The summed E-state index contributed by atoms with van der Waals surface area (Å²) in [7, 11) is 1.28. The van der Waals surface area contributed by atoms with E-state index in [2.05, 4.69) is 4.74 Å². The van der Waals surface area contributed by atoms with E-state index in [1.54, 1.807) is 0 Å². The third-order valence-corrected chi connectivity index (χ3v) is 1.48. The van der Waals surface area contributed by atoms with Gasteiger partial charge in [-0.2, -0.15) is 0 Å². The Bertz CT molecular complexity index is 263. The molecule has 4 heteroatoms. The van der Waals surface area contributed by atoms with Crippen LogP contribution in [-0.2, 0) is 6.67 Å². The van der Waals surface area contributed by atoms with Crippen molar-refractivity contribution < 1.29 is 17.9 Å². The first-order valence-corrected chi connectivity index (χ1v) is 3.27. The summed E-state index contributed by atoms with van der Waals surface area (Å²) in [6.45, 7) is -1.15. The van der Waals surface area contributed by atoms with E-state index in [1.165, 1.54) is 7.11 Å². The van der Waals surface area contributed by atoms with E-state index in [4.69, 9.17) is 0 Å². The van der Waals surface area contributed by atoms with Crippen LogP contribution >= 0.6 is 0 Å². The maximum absolute atomic E-state index is 12.7. The fraction of sp³-hybridized carbons (Fsp3) is 0.250. The van der Waals surface area contributed by atoms with E-state index >= 15 is 0 Å². The Morgan fingerprint density at radius 2 is 1.75 bits per heavy atom. The number of rotatable bonds is 2. The van der Waals surface area contributed by atoms with Crippen molar-refractivity contribution in [2.24, 2.45) is 0 Å². The van der Waals surface area contributed by atoms with Crippen LogP contribution in [0.2, 0.25) is 0 Å². The summed E-state index contributed by atoms with van der Waals surface area (Å²) >= 11 is 0. The average molecular weight is 176 g/mol. The maximum Gasteiger partial charge on any atom is 0.135 e. The highest BCUT2D eigenvalue weighted by Crippen LogP contribution is 2.20. The molecule has 0 unspecified atom stereocenters. The molecule has 1 nitrogen and oxygen atoms in total. The first kappa shape index (κ1) is 8.90. The molecule has 0 fully saturated rings. The Morgan fingerprint density at radius 1 is 1.25 bits per heavy atom. The molecule has 0 atom stereocenters. The number of methoxy groups -OCH3 is 1. The summed E-state index contributed by atoms with van der Waals surface area (Å²) in [5, 5.41) is 0. The highest BCUT2D eigenvalue weighted by atomic mass is 19.1. The summed E-state index contributed by atoms with van der Waals surface area (Å²) in [5.41, 5.74) is -0.559. The zero-order chi connectivity index (χ0) is 9.14. The zero-order valence-corrected chi connectivity index (χ0v) is 6.40. The normalized spacial score (nSPS) is 10.0. The minimum atomic E-state index is -1.15. The lowest BCUT2D eigenvalue weighted by Crippen LogP contribution is -1.94. The molecule has 66 valence electrons. The molecule has 1 rings (SSSR count). The molecule has 0 spiro atoms. The molecule has 0 radical (unpaired) electrons. The van der Waals surface area contributed by atoms with Crippen LogP contribution in [0.1, 0.15) is 5.56 Å². The molecule has 0 saturated heterocycles. The molecule has 0 bridgehead atoms. The van der Waals surface area contributed by atoms with Gasteiger partial charge in [0, 0.05) is 12.1 Å². The number of hydrogen-bond donors (Lipinski definition) is 0. The van der Waals surface area contributed by atoms with Gasteiger partial charge in [-0.05, 0) is 0 Å². The van der Waals surface area contributed by atoms with E-state index in [0.29, 0.717) is 0 Å². The molecule has 1 aromatic rings. The number of benzene rings is 1. The van der Waals surface area contributed by atoms with Gasteiger partial charge in [-0.15, -0.1) is 0 Å². The largest absolute Gasteiger partial charge is 0.497 e. The molecular weight excluding hydrogens is 169 g/mol. The summed E-state index contributed by atoms with van der Waals surface area (Å²) in [6, 6.07) is 1.88. The number of hydrogen-bond acceptors (Lipinski definition) is 1. The molecule has 1 aromatic carbocycles. The first-order chi connectivity index (χ1) is 5.69. The summed E-state index contributed by atoms with van der Waals surface area (Å²) < 4.78 is 42.0. The van der Waals surface area contributed by atoms with Crippen molar-refractivity contribution in [3.63, 3.8) is 0 Å². The second-order valence-corrected chi connectivity index (χ2v) is 2.20. The Balaban J connectivity index is 3.18. The van der Waals surface area contributed by atoms with Gasteiger partial charge in [0.2, 0.25) is 0 Å². The monoisotopic (exact) mass is 176 g/mol. The van der Waals surface area contributed by atoms with Crippen LogP contribution in [0.15, 0.2) is 12.1 Å². The van der Waals surface area contributed by atoms with Gasteiger partial charge in [-0.3, -0.25) is 0 Å². The van der Waals surface area contributed by atoms with E-state index in [1.807, 2.05) is 0 Å². The second kappa shape index (κ2) is 3.47. The second-order valence-electron chi connectivity index (χ2n) is 2.20. The van der Waals surface area contributed by atoms with E-state index in [9.17, 15) is 13.2 Å². The lowest BCUT2D eigenvalue weighted by atomic mass is 10.2. The van der Waals surface area contributed by atoms with E-state index in [-0.39, 0.29) is 5.75 Å². The van der Waals surface area contributed by atoms with Crippen molar-refractivity contribution in [2.45, 2.75) is 6.67 Å². The van der Waals surface area contributed by atoms with Crippen molar-refractivity contribution in [3.05, 3.63) is 29.3 Å². The fourth-order valence-electron chi connectivity index (χ4n) is 0.825. The molecule has 0 aromatic heterocycles. The Labute approximate surface area is 67.8 Å². The molecule has 0 aliphatic rings. The SMILES string of the molecule is COc1cc(F)c(CF)c(F)c1. The molecule has 0 aliphatic heterocycles. The highest BCUT2D eigenvalue weighted by molar-refractivity contribution is 5.30. The van der Waals surface area contributed by atoms with Crippen LogP contribution < -0.4 is 4.74 Å². The van der Waals surface area contributed by atoms with Crippen molar-refractivity contribution in [3.8, 4) is 5.75 Å². The number of ether oxygens (including phenoxy) is 1. The molecule has 0 N–H and O–H groups in total. The van der Waals surface area contributed by atoms with Gasteiger partial charge in [0.1, 0.15) is 24.1 Å². The van der Waals surface area contributed by atoms with Crippen LogP contribution in [-0.4, -0.2) is 7.11 Å². The molecule has 0 heterocycles. The standard InChI is InChI=1S/C8H7F3O/c1-12-5-2-7(10)6(4-9)8(11)3-5/h2-3H,4H2,1H3. The lowest BCUT2D eigenvalue weighted by molar-refractivity contribution is 0.397. The fourth-order valence-corrected chi connectivity index (χ4v) is 0.825. The molecular formula is C8H7F3O. The summed E-state index contributed by atoms with van der Waals surface area (Å²) in [5.74, 6) is -1.80. The average Bonchev–Trinajstić information content (AvgIpc) is 2.03. The van der Waals surface area contributed by atoms with E-state index in [0.717, 1.165) is 12.1 Å². The predicted molar refractivity (Wildman–Crippen MR) is 37.7 cm³/mol. The van der Waals surface area contributed by atoms with Crippen LogP contribution in [0, 0.1) is 11.6 Å². The van der Waals surface area contributed by atoms with Crippen molar-refractivity contribution in [1.29, 1.82) is 0 Å². The Kier molecular flexibility index (Phi) is 2.58. The Morgan fingerprint density at radius 3 is 2.08 bits per heavy atom. The number of alkyl halides is 1. The van der Waals surface area contributed by atoms with Gasteiger partial charge >= 0.3 is 0 Å². The minimum absolute atomic E-state index is 0.0437. The van der Waals surface area contributed by atoms with Gasteiger partial charge in [-0.25, -0.2) is 13.2 Å². The van der Waals surface area contributed by atoms with Gasteiger partial charge in [0.05, 0.1) is 12.7 Å². The summed E-state index contributed by atoms with van der Waals surface area (Å²) in [6.07, 6.45) is 0. The first-order valence-electron chi connectivity index (χ1n) is 3.27. The van der Waals surface area contributed by atoms with Crippen molar-refractivity contribution in [2.75, 3.05) is 7.11 Å². The quantitative estimate of drug-likeness (QED) is 0.672. The van der Waals surface area contributed by atoms with Crippen molar-refractivity contribution >= 4 is 0 Å². The lowest BCUT2D eigenvalue weighted by Gasteiger charge is -2.03. The number of halogens is 3. The van der Waals surface area contributed by atoms with Crippen LogP contribution in [0.4, 0.5) is 13.2 Å². The van der Waals surface area contributed by atoms with Crippen LogP contribution in [0.3, 0.4) is 0 Å². The van der Waals surface area contributed by atoms with Crippen molar-refractivity contribution in [1.82, 2.24) is 0 Å². The molecule has 0 saturated carbocycles. The van der Waals surface area contributed by atoms with Gasteiger partial charge in [0.25, 0.3) is 0 Å². The zero-order valence-electron chi connectivity index (χ0n) is 6.40. The topological polar surface area (TPSA) is 9.23 Å². The van der Waals surface area contributed by atoms with Gasteiger partial charge in [-0.1, -0.05) is 0 Å². The van der Waals surface area contributed by atoms with Gasteiger partial charge in [0.15, 0.2) is 0 Å². The third kappa shape index (κ3) is 1.52. The van der Waals surface area contributed by atoms with Crippen LogP contribution in [0.5, 0.6) is 5.75 Å². The van der Waals surface area contributed by atoms with Gasteiger partial charge < -0.3 is 4.74 Å². The molecule has 0 aliphatic carbocycles. The highest BCUT2D eigenvalue weighted by Gasteiger charge is 2.10. The van der Waals surface area contributed by atoms with Crippen LogP contribution in [0.25, 0.3) is 0 Å². The Hall–Kier alpha value is -1.19. The third-order valence-electron chi connectivity index (χ3n) is 1.48. The smallest absolute Gasteiger partial charge is 0.135 e. The maximum atomic E-state index is 12.7.